The lowest BCUT2D eigenvalue weighted by Gasteiger charge is -2.19. The quantitative estimate of drug-likeness (QED) is 0.632. The topological polar surface area (TPSA) is 104 Å². The van der Waals surface area contributed by atoms with E-state index in [1.807, 2.05) is 13.8 Å². The molecule has 6 heteroatoms. The zero-order valence-electron chi connectivity index (χ0n) is 12.7. The van der Waals surface area contributed by atoms with Crippen molar-refractivity contribution < 1.29 is 24.6 Å². The molecule has 1 aromatic rings. The first-order chi connectivity index (χ1) is 10.3. The molecule has 0 heterocycles. The summed E-state index contributed by atoms with van der Waals surface area (Å²) in [5, 5.41) is 20.7. The first-order valence-corrected chi connectivity index (χ1v) is 7.11. The Hall–Kier alpha value is -2.37. The highest BCUT2D eigenvalue weighted by Crippen LogP contribution is 2.11. The van der Waals surface area contributed by atoms with Crippen LogP contribution >= 0.6 is 0 Å². The summed E-state index contributed by atoms with van der Waals surface area (Å²) in [6, 6.07) is 7.68. The summed E-state index contributed by atoms with van der Waals surface area (Å²) in [5.41, 5.74) is 0.709. The molecule has 6 nitrogen and oxygen atoms in total. The average molecular weight is 307 g/mol. The smallest absolute Gasteiger partial charge is 0.326 e. The van der Waals surface area contributed by atoms with Crippen molar-refractivity contribution in [2.75, 3.05) is 0 Å². The van der Waals surface area contributed by atoms with E-state index in [4.69, 9.17) is 5.11 Å². The molecule has 1 amide bonds. The number of carboxylic acids is 2. The van der Waals surface area contributed by atoms with E-state index < -0.39 is 29.8 Å². The second-order valence-corrected chi connectivity index (χ2v) is 5.61. The van der Waals surface area contributed by atoms with Gasteiger partial charge >= 0.3 is 11.9 Å². The number of nitrogens with one attached hydrogen (secondary N) is 1. The second kappa shape index (κ2) is 8.17. The summed E-state index contributed by atoms with van der Waals surface area (Å²) in [6.07, 6.45) is 0.273. The Kier molecular flexibility index (Phi) is 6.56. The van der Waals surface area contributed by atoms with Crippen molar-refractivity contribution in [3.8, 4) is 0 Å². The normalized spacial score (nSPS) is 13.4. The van der Waals surface area contributed by atoms with Gasteiger partial charge in [-0.15, -0.1) is 0 Å². The Morgan fingerprint density at radius 1 is 1.05 bits per heavy atom. The SMILES string of the molecule is CC(C)C[C@H](NC(=O)[C@@H](Cc1ccccc1)C(=O)O)C(=O)O. The van der Waals surface area contributed by atoms with Crippen molar-refractivity contribution in [1.82, 2.24) is 5.32 Å². The largest absolute Gasteiger partial charge is 0.481 e. The van der Waals surface area contributed by atoms with E-state index in [1.54, 1.807) is 30.3 Å². The average Bonchev–Trinajstić information content (AvgIpc) is 2.44. The lowest BCUT2D eigenvalue weighted by molar-refractivity contribution is -0.150. The lowest BCUT2D eigenvalue weighted by atomic mass is 9.97. The fourth-order valence-electron chi connectivity index (χ4n) is 2.11. The summed E-state index contributed by atoms with van der Waals surface area (Å²) in [7, 11) is 0. The summed E-state index contributed by atoms with van der Waals surface area (Å²) in [4.78, 5) is 34.6. The van der Waals surface area contributed by atoms with Crippen LogP contribution in [0.2, 0.25) is 0 Å². The summed E-state index contributed by atoms with van der Waals surface area (Å²) in [6.45, 7) is 3.67. The highest BCUT2D eigenvalue weighted by atomic mass is 16.4. The molecule has 0 radical (unpaired) electrons. The summed E-state index contributed by atoms with van der Waals surface area (Å²) < 4.78 is 0. The number of hydrogen-bond acceptors (Lipinski definition) is 3. The zero-order valence-corrected chi connectivity index (χ0v) is 12.7. The van der Waals surface area contributed by atoms with Crippen LogP contribution in [-0.2, 0) is 20.8 Å². The van der Waals surface area contributed by atoms with Crippen LogP contribution < -0.4 is 5.32 Å². The van der Waals surface area contributed by atoms with Crippen molar-refractivity contribution in [3.63, 3.8) is 0 Å². The van der Waals surface area contributed by atoms with Gasteiger partial charge in [0.05, 0.1) is 0 Å². The fraction of sp³-hybridized carbons (Fsp3) is 0.438. The van der Waals surface area contributed by atoms with E-state index in [2.05, 4.69) is 5.32 Å². The van der Waals surface area contributed by atoms with Crippen LogP contribution in [0, 0.1) is 11.8 Å². The van der Waals surface area contributed by atoms with E-state index in [1.165, 1.54) is 0 Å². The molecule has 1 rings (SSSR count). The zero-order chi connectivity index (χ0) is 16.7. The van der Waals surface area contributed by atoms with Gasteiger partial charge in [0, 0.05) is 0 Å². The van der Waals surface area contributed by atoms with Crippen LogP contribution in [0.5, 0.6) is 0 Å². The number of hydrogen-bond donors (Lipinski definition) is 3. The lowest BCUT2D eigenvalue weighted by Crippen LogP contribution is -2.46. The number of amides is 1. The highest BCUT2D eigenvalue weighted by molar-refractivity contribution is 5.98. The van der Waals surface area contributed by atoms with Gasteiger partial charge in [-0.25, -0.2) is 4.79 Å². The number of carbonyl (C=O) groups excluding carboxylic acids is 1. The first kappa shape index (κ1) is 17.7. The standard InChI is InChI=1S/C16H21NO5/c1-10(2)8-13(16(21)22)17-14(18)12(15(19)20)9-11-6-4-3-5-7-11/h3-7,10,12-13H,8-9H2,1-2H3,(H,17,18)(H,19,20)(H,21,22)/t12-,13+/m1/s1. The molecule has 0 saturated carbocycles. The third-order valence-electron chi connectivity index (χ3n) is 3.22. The van der Waals surface area contributed by atoms with Crippen LogP contribution in [0.1, 0.15) is 25.8 Å². The van der Waals surface area contributed by atoms with E-state index in [0.29, 0.717) is 5.56 Å². The third-order valence-corrected chi connectivity index (χ3v) is 3.22. The molecule has 2 atom stereocenters. The van der Waals surface area contributed by atoms with Gasteiger partial charge in [-0.1, -0.05) is 44.2 Å². The minimum atomic E-state index is -1.31. The number of carbonyl (C=O) groups is 3. The maximum Gasteiger partial charge on any atom is 0.326 e. The molecule has 0 fully saturated rings. The highest BCUT2D eigenvalue weighted by Gasteiger charge is 2.30. The molecule has 3 N–H and O–H groups in total. The molecule has 0 aliphatic rings. The van der Waals surface area contributed by atoms with Crippen molar-refractivity contribution in [3.05, 3.63) is 35.9 Å². The molecule has 1 aromatic carbocycles. The van der Waals surface area contributed by atoms with Crippen LogP contribution in [0.4, 0.5) is 0 Å². The van der Waals surface area contributed by atoms with Crippen LogP contribution in [0.3, 0.4) is 0 Å². The third kappa shape index (κ3) is 5.55. The van der Waals surface area contributed by atoms with Crippen molar-refractivity contribution >= 4 is 17.8 Å². The molecule has 0 bridgehead atoms. The van der Waals surface area contributed by atoms with Gasteiger partial charge in [0.2, 0.25) is 5.91 Å². The molecular formula is C16H21NO5. The Balaban J connectivity index is 2.80. The molecular weight excluding hydrogens is 286 g/mol. The Bertz CT molecular complexity index is 527. The monoisotopic (exact) mass is 307 g/mol. The molecule has 22 heavy (non-hydrogen) atoms. The Morgan fingerprint density at radius 2 is 1.64 bits per heavy atom. The van der Waals surface area contributed by atoms with E-state index in [-0.39, 0.29) is 18.8 Å². The van der Waals surface area contributed by atoms with E-state index >= 15 is 0 Å². The molecule has 0 aliphatic heterocycles. The molecule has 0 unspecified atom stereocenters. The van der Waals surface area contributed by atoms with Crippen molar-refractivity contribution in [1.29, 1.82) is 0 Å². The minimum Gasteiger partial charge on any atom is -0.481 e. The van der Waals surface area contributed by atoms with Gasteiger partial charge in [-0.2, -0.15) is 0 Å². The maximum absolute atomic E-state index is 12.1. The molecule has 0 saturated heterocycles. The molecule has 0 spiro atoms. The number of carboxylic acid groups (broad SMARTS) is 2. The predicted molar refractivity (Wildman–Crippen MR) is 80.3 cm³/mol. The van der Waals surface area contributed by atoms with Crippen LogP contribution in [-0.4, -0.2) is 34.1 Å². The summed E-state index contributed by atoms with van der Waals surface area (Å²) in [5.74, 6) is -4.44. The van der Waals surface area contributed by atoms with Crippen molar-refractivity contribution in [2.24, 2.45) is 11.8 Å². The number of rotatable bonds is 8. The Morgan fingerprint density at radius 3 is 2.09 bits per heavy atom. The van der Waals surface area contributed by atoms with Crippen LogP contribution in [0.25, 0.3) is 0 Å². The van der Waals surface area contributed by atoms with Gasteiger partial charge < -0.3 is 15.5 Å². The predicted octanol–water partition coefficient (Wildman–Crippen LogP) is 1.55. The summed E-state index contributed by atoms with van der Waals surface area (Å²) >= 11 is 0. The first-order valence-electron chi connectivity index (χ1n) is 7.11. The Labute approximate surface area is 129 Å². The second-order valence-electron chi connectivity index (χ2n) is 5.61. The van der Waals surface area contributed by atoms with Gasteiger partial charge in [-0.3, -0.25) is 9.59 Å². The van der Waals surface area contributed by atoms with Gasteiger partial charge in [0.15, 0.2) is 0 Å². The number of benzene rings is 1. The van der Waals surface area contributed by atoms with Gasteiger partial charge in [0.1, 0.15) is 12.0 Å². The molecule has 0 aromatic heterocycles. The maximum atomic E-state index is 12.1. The van der Waals surface area contributed by atoms with Crippen LogP contribution in [0.15, 0.2) is 30.3 Å². The van der Waals surface area contributed by atoms with E-state index in [0.717, 1.165) is 0 Å². The fourth-order valence-corrected chi connectivity index (χ4v) is 2.11. The molecule has 0 aliphatic carbocycles. The molecule has 120 valence electrons. The number of aliphatic carboxylic acids is 2. The van der Waals surface area contributed by atoms with Gasteiger partial charge in [0.25, 0.3) is 0 Å². The minimum absolute atomic E-state index is 0.0238. The van der Waals surface area contributed by atoms with Crippen molar-refractivity contribution in [2.45, 2.75) is 32.7 Å². The van der Waals surface area contributed by atoms with Gasteiger partial charge in [-0.05, 0) is 24.3 Å². The van der Waals surface area contributed by atoms with E-state index in [9.17, 15) is 19.5 Å².